The van der Waals surface area contributed by atoms with Crippen LogP contribution in [-0.2, 0) is 10.8 Å². The van der Waals surface area contributed by atoms with E-state index < -0.39 is 0 Å². The number of rotatable bonds is 6. The van der Waals surface area contributed by atoms with E-state index >= 15 is 0 Å². The van der Waals surface area contributed by atoms with E-state index in [-0.39, 0.29) is 10.8 Å². The molecule has 0 amide bonds. The molecule has 314 valence electrons. The van der Waals surface area contributed by atoms with Crippen LogP contribution in [0.5, 0.6) is 0 Å². The Hall–Kier alpha value is -6.07. The lowest BCUT2D eigenvalue weighted by Crippen LogP contribution is -2.51. The lowest BCUT2D eigenvalue weighted by atomic mass is 9.49. The van der Waals surface area contributed by atoms with Gasteiger partial charge in [0.05, 0.1) is 27.8 Å². The fraction of sp³-hybridized carbons (Fsp3) is 0.339. The van der Waals surface area contributed by atoms with E-state index in [0.717, 1.165) is 64.2 Å². The van der Waals surface area contributed by atoms with Crippen molar-refractivity contribution in [2.75, 3.05) is 0 Å². The molecule has 8 aliphatic rings. The molecule has 3 aromatic heterocycles. The second-order valence-electron chi connectivity index (χ2n) is 21.7. The molecule has 64 heavy (non-hydrogen) atoms. The van der Waals surface area contributed by atoms with Gasteiger partial charge in [0.15, 0.2) is 5.82 Å². The summed E-state index contributed by atoms with van der Waals surface area (Å²) < 4.78 is 5.03. The number of hydrogen-bond donors (Lipinski definition) is 0. The number of para-hydroxylation sites is 3. The van der Waals surface area contributed by atoms with Crippen LogP contribution < -0.4 is 0 Å². The summed E-state index contributed by atoms with van der Waals surface area (Å²) in [4.78, 5) is 17.7. The van der Waals surface area contributed by atoms with E-state index in [1.54, 1.807) is 0 Å². The molecule has 0 atom stereocenters. The number of fused-ring (bicyclic) bond motifs is 7. The third-order valence-corrected chi connectivity index (χ3v) is 17.7. The first kappa shape index (κ1) is 36.3. The number of benzene rings is 6. The third-order valence-electron chi connectivity index (χ3n) is 17.7. The highest BCUT2D eigenvalue weighted by atomic mass is 15.1. The highest BCUT2D eigenvalue weighted by Gasteiger charge is 2.56. The van der Waals surface area contributed by atoms with Crippen LogP contribution in [0.1, 0.15) is 88.7 Å². The normalized spacial score (nSPS) is 28.9. The molecule has 0 unspecified atom stereocenters. The first-order chi connectivity index (χ1) is 31.5. The summed E-state index contributed by atoms with van der Waals surface area (Å²) in [6, 6.07) is 51.7. The van der Waals surface area contributed by atoms with Crippen molar-refractivity contribution in [3.8, 4) is 33.9 Å². The van der Waals surface area contributed by atoms with E-state index in [9.17, 15) is 0 Å². The summed E-state index contributed by atoms with van der Waals surface area (Å²) in [7, 11) is 0. The molecule has 8 aliphatic carbocycles. The monoisotopic (exact) mass is 831 g/mol. The summed E-state index contributed by atoms with van der Waals surface area (Å²) in [5.41, 5.74) is 10.8. The molecule has 0 aliphatic heterocycles. The summed E-state index contributed by atoms with van der Waals surface area (Å²) in [5, 5.41) is 5.04. The van der Waals surface area contributed by atoms with Crippen molar-refractivity contribution in [2.24, 2.45) is 35.5 Å². The van der Waals surface area contributed by atoms with Gasteiger partial charge in [0.25, 0.3) is 0 Å². The molecule has 9 aromatic rings. The van der Waals surface area contributed by atoms with Crippen molar-refractivity contribution >= 4 is 43.6 Å². The molecular weight excluding hydrogens is 779 g/mol. The molecule has 0 radical (unpaired) electrons. The first-order valence-corrected chi connectivity index (χ1v) is 24.5. The Morgan fingerprint density at radius 3 is 1.52 bits per heavy atom. The zero-order valence-electron chi connectivity index (χ0n) is 36.5. The van der Waals surface area contributed by atoms with Crippen LogP contribution >= 0.6 is 0 Å². The minimum atomic E-state index is 0.0545. The lowest BCUT2D eigenvalue weighted by molar-refractivity contribution is -0.0155. The van der Waals surface area contributed by atoms with Crippen LogP contribution in [-0.4, -0.2) is 24.1 Å². The van der Waals surface area contributed by atoms with Crippen molar-refractivity contribution in [1.29, 1.82) is 0 Å². The van der Waals surface area contributed by atoms with Gasteiger partial charge in [-0.2, -0.15) is 0 Å². The second kappa shape index (κ2) is 13.3. The molecule has 8 bridgehead atoms. The molecule has 17 rings (SSSR count). The van der Waals surface area contributed by atoms with Crippen molar-refractivity contribution in [2.45, 2.75) is 87.9 Å². The van der Waals surface area contributed by atoms with Gasteiger partial charge in [-0.3, -0.25) is 0 Å². The van der Waals surface area contributed by atoms with Crippen LogP contribution in [0.15, 0.2) is 140 Å². The average Bonchev–Trinajstić information content (AvgIpc) is 3.84. The molecule has 0 N–H and O–H groups in total. The van der Waals surface area contributed by atoms with Crippen LogP contribution in [0.25, 0.3) is 77.5 Å². The minimum absolute atomic E-state index is 0.0545. The zero-order chi connectivity index (χ0) is 41.7. The lowest BCUT2D eigenvalue weighted by Gasteiger charge is -2.57. The SMILES string of the molecule is c1ccc(-c2ccc(-n3c4ccccc4c4ccc5c(c6ccccc6n5-c5ccccc5)c43)c(-c3nc(C45CC6CC(CC(C6)C4)C5)nc(C45CC6CC(CC(C6)C4)C5)n3)c2)cc1. The van der Waals surface area contributed by atoms with E-state index in [1.807, 2.05) is 0 Å². The topological polar surface area (TPSA) is 48.5 Å². The van der Waals surface area contributed by atoms with Crippen molar-refractivity contribution in [3.05, 3.63) is 151 Å². The Labute approximate surface area is 374 Å². The van der Waals surface area contributed by atoms with E-state index in [2.05, 4.69) is 149 Å². The maximum Gasteiger partial charge on any atom is 0.165 e. The van der Waals surface area contributed by atoms with E-state index in [1.165, 1.54) is 137 Å². The quantitative estimate of drug-likeness (QED) is 0.168. The largest absolute Gasteiger partial charge is 0.309 e. The highest BCUT2D eigenvalue weighted by Crippen LogP contribution is 2.63. The molecule has 6 aromatic carbocycles. The average molecular weight is 832 g/mol. The van der Waals surface area contributed by atoms with Crippen LogP contribution in [0.3, 0.4) is 0 Å². The van der Waals surface area contributed by atoms with Gasteiger partial charge < -0.3 is 9.13 Å². The van der Waals surface area contributed by atoms with Gasteiger partial charge in [-0.15, -0.1) is 0 Å². The molecule has 5 heteroatoms. The minimum Gasteiger partial charge on any atom is -0.309 e. The predicted molar refractivity (Wildman–Crippen MR) is 259 cm³/mol. The number of nitrogens with zero attached hydrogens (tertiary/aromatic N) is 5. The fourth-order valence-corrected chi connectivity index (χ4v) is 16.1. The Morgan fingerprint density at radius 1 is 0.406 bits per heavy atom. The molecule has 5 nitrogen and oxygen atoms in total. The van der Waals surface area contributed by atoms with Gasteiger partial charge in [0.1, 0.15) is 11.6 Å². The van der Waals surface area contributed by atoms with Crippen molar-refractivity contribution in [1.82, 2.24) is 24.1 Å². The Morgan fingerprint density at radius 2 is 0.922 bits per heavy atom. The summed E-state index contributed by atoms with van der Waals surface area (Å²) in [5.74, 6) is 8.00. The van der Waals surface area contributed by atoms with Crippen molar-refractivity contribution < 1.29 is 0 Å². The van der Waals surface area contributed by atoms with E-state index in [4.69, 9.17) is 15.0 Å². The smallest absolute Gasteiger partial charge is 0.165 e. The summed E-state index contributed by atoms with van der Waals surface area (Å²) in [6.07, 6.45) is 15.9. The van der Waals surface area contributed by atoms with Gasteiger partial charge in [-0.05, 0) is 166 Å². The third kappa shape index (κ3) is 5.21. The van der Waals surface area contributed by atoms with Crippen LogP contribution in [0.4, 0.5) is 0 Å². The molecule has 0 spiro atoms. The standard InChI is InChI=1S/C59H53N5/c1-3-11-42(12-4-1)43-19-21-51(64-49-17-9-7-15-45(49)46-20-22-52-53(54(46)64)47-16-8-10-18-50(47)63(52)44-13-5-2-6-14-44)48(29-43)55-60-56(58-30-36-23-37(31-58)25-38(24-36)32-58)62-57(61-55)59-33-39-26-40(34-59)28-41(27-39)35-59/h1-22,29,36-41H,23-28,30-35H2. The molecule has 8 fully saturated rings. The van der Waals surface area contributed by atoms with Crippen LogP contribution in [0.2, 0.25) is 0 Å². The number of aromatic nitrogens is 5. The second-order valence-corrected chi connectivity index (χ2v) is 21.7. The van der Waals surface area contributed by atoms with Gasteiger partial charge in [0, 0.05) is 43.6 Å². The van der Waals surface area contributed by atoms with Crippen molar-refractivity contribution in [3.63, 3.8) is 0 Å². The summed E-state index contributed by atoms with van der Waals surface area (Å²) >= 11 is 0. The first-order valence-electron chi connectivity index (χ1n) is 24.5. The highest BCUT2D eigenvalue weighted by molar-refractivity contribution is 6.26. The van der Waals surface area contributed by atoms with Gasteiger partial charge in [0.2, 0.25) is 0 Å². The maximum absolute atomic E-state index is 5.90. The molecule has 8 saturated carbocycles. The van der Waals surface area contributed by atoms with Gasteiger partial charge in [-0.25, -0.2) is 15.0 Å². The molecular formula is C59H53N5. The summed E-state index contributed by atoms with van der Waals surface area (Å²) in [6.45, 7) is 0. The zero-order valence-corrected chi connectivity index (χ0v) is 36.5. The fourth-order valence-electron chi connectivity index (χ4n) is 16.1. The Kier molecular flexibility index (Phi) is 7.51. The Balaban J connectivity index is 1.04. The maximum atomic E-state index is 5.90. The van der Waals surface area contributed by atoms with Crippen LogP contribution in [0, 0.1) is 35.5 Å². The Bertz CT molecular complexity index is 3220. The molecule has 3 heterocycles. The molecule has 0 saturated heterocycles. The predicted octanol–water partition coefficient (Wildman–Crippen LogP) is 14.3. The van der Waals surface area contributed by atoms with Gasteiger partial charge >= 0.3 is 0 Å². The van der Waals surface area contributed by atoms with Gasteiger partial charge in [-0.1, -0.05) is 97.1 Å². The number of hydrogen-bond acceptors (Lipinski definition) is 3. The van der Waals surface area contributed by atoms with E-state index in [0.29, 0.717) is 0 Å².